The van der Waals surface area contributed by atoms with Crippen molar-refractivity contribution in [2.75, 3.05) is 31.1 Å². The summed E-state index contributed by atoms with van der Waals surface area (Å²) in [6.07, 6.45) is 2.37. The monoisotopic (exact) mass is 296 g/mol. The number of carbonyl (C=O) groups is 1. The van der Waals surface area contributed by atoms with Crippen molar-refractivity contribution in [2.24, 2.45) is 11.7 Å². The van der Waals surface area contributed by atoms with Crippen molar-refractivity contribution in [3.8, 4) is 0 Å². The van der Waals surface area contributed by atoms with Crippen LogP contribution in [0.15, 0.2) is 5.38 Å². The zero-order chi connectivity index (χ0) is 14.5. The fourth-order valence-corrected chi connectivity index (χ4v) is 3.52. The normalized spacial score (nSPS) is 17.4. The second-order valence-corrected chi connectivity index (χ2v) is 6.18. The summed E-state index contributed by atoms with van der Waals surface area (Å²) in [5.41, 5.74) is 6.78. The van der Waals surface area contributed by atoms with E-state index in [0.29, 0.717) is 12.5 Å². The Morgan fingerprint density at radius 1 is 1.55 bits per heavy atom. The summed E-state index contributed by atoms with van der Waals surface area (Å²) in [7, 11) is 0. The maximum Gasteiger partial charge on any atom is 0.225 e. The number of carbonyl (C=O) groups excluding carboxylic acids is 1. The fourth-order valence-electron chi connectivity index (χ4n) is 2.59. The van der Waals surface area contributed by atoms with Crippen molar-refractivity contribution in [2.45, 2.75) is 33.2 Å². The SMILES string of the molecule is CCN(C(C)=O)c1nc(CN2CCC(CN)CC2)cs1. The molecule has 1 saturated heterocycles. The second-order valence-electron chi connectivity index (χ2n) is 5.34. The average Bonchev–Trinajstić information content (AvgIpc) is 2.88. The fraction of sp³-hybridized carbons (Fsp3) is 0.714. The Kier molecular flexibility index (Phi) is 5.51. The predicted molar refractivity (Wildman–Crippen MR) is 82.9 cm³/mol. The first-order chi connectivity index (χ1) is 9.63. The van der Waals surface area contributed by atoms with Gasteiger partial charge in [-0.2, -0.15) is 0 Å². The molecule has 0 aromatic carbocycles. The quantitative estimate of drug-likeness (QED) is 0.898. The van der Waals surface area contributed by atoms with Gasteiger partial charge in [0.2, 0.25) is 5.91 Å². The highest BCUT2D eigenvalue weighted by atomic mass is 32.1. The van der Waals surface area contributed by atoms with Crippen LogP contribution in [0.25, 0.3) is 0 Å². The lowest BCUT2D eigenvalue weighted by atomic mass is 9.97. The van der Waals surface area contributed by atoms with Crippen LogP contribution in [0.5, 0.6) is 0 Å². The van der Waals surface area contributed by atoms with Gasteiger partial charge in [-0.3, -0.25) is 14.6 Å². The highest BCUT2D eigenvalue weighted by molar-refractivity contribution is 7.14. The number of piperidine rings is 1. The number of rotatable bonds is 5. The highest BCUT2D eigenvalue weighted by Crippen LogP contribution is 2.23. The van der Waals surface area contributed by atoms with E-state index >= 15 is 0 Å². The number of nitrogens with zero attached hydrogens (tertiary/aromatic N) is 3. The van der Waals surface area contributed by atoms with E-state index in [9.17, 15) is 4.79 Å². The molecule has 6 heteroatoms. The van der Waals surface area contributed by atoms with Gasteiger partial charge in [-0.1, -0.05) is 0 Å². The van der Waals surface area contributed by atoms with Crippen LogP contribution in [0.2, 0.25) is 0 Å². The summed E-state index contributed by atoms with van der Waals surface area (Å²) in [4.78, 5) is 20.3. The van der Waals surface area contributed by atoms with Gasteiger partial charge in [-0.05, 0) is 45.3 Å². The number of amides is 1. The van der Waals surface area contributed by atoms with Gasteiger partial charge in [0.15, 0.2) is 5.13 Å². The summed E-state index contributed by atoms with van der Waals surface area (Å²) in [5.74, 6) is 0.739. The maximum absolute atomic E-state index is 11.5. The van der Waals surface area contributed by atoms with Crippen molar-refractivity contribution in [1.29, 1.82) is 0 Å². The van der Waals surface area contributed by atoms with Crippen LogP contribution < -0.4 is 10.6 Å². The lowest BCUT2D eigenvalue weighted by molar-refractivity contribution is -0.116. The van der Waals surface area contributed by atoms with Gasteiger partial charge in [-0.25, -0.2) is 4.98 Å². The van der Waals surface area contributed by atoms with Crippen LogP contribution in [0.3, 0.4) is 0 Å². The molecule has 0 aliphatic carbocycles. The van der Waals surface area contributed by atoms with Crippen LogP contribution in [0.1, 0.15) is 32.4 Å². The topological polar surface area (TPSA) is 62.5 Å². The van der Waals surface area contributed by atoms with Gasteiger partial charge >= 0.3 is 0 Å². The largest absolute Gasteiger partial charge is 0.330 e. The van der Waals surface area contributed by atoms with E-state index in [1.165, 1.54) is 12.8 Å². The minimum Gasteiger partial charge on any atom is -0.330 e. The van der Waals surface area contributed by atoms with Crippen LogP contribution in [-0.2, 0) is 11.3 Å². The summed E-state index contributed by atoms with van der Waals surface area (Å²) < 4.78 is 0. The van der Waals surface area contributed by atoms with Crippen LogP contribution in [0, 0.1) is 5.92 Å². The molecule has 2 N–H and O–H groups in total. The molecule has 0 unspecified atom stereocenters. The van der Waals surface area contributed by atoms with Crippen molar-refractivity contribution in [3.63, 3.8) is 0 Å². The number of hydrogen-bond donors (Lipinski definition) is 1. The Bertz CT molecular complexity index is 440. The third kappa shape index (κ3) is 3.77. The summed E-state index contributed by atoms with van der Waals surface area (Å²) >= 11 is 1.55. The smallest absolute Gasteiger partial charge is 0.225 e. The molecule has 1 fully saturated rings. The van der Waals surface area contributed by atoms with E-state index in [1.807, 2.05) is 6.92 Å². The highest BCUT2D eigenvalue weighted by Gasteiger charge is 2.19. The molecule has 1 aromatic rings. The summed E-state index contributed by atoms with van der Waals surface area (Å²) in [5, 5.41) is 2.88. The van der Waals surface area contributed by atoms with Crippen molar-refractivity contribution >= 4 is 22.4 Å². The predicted octanol–water partition coefficient (Wildman–Crippen LogP) is 1.69. The molecular weight excluding hydrogens is 272 g/mol. The molecular formula is C14H24N4OS. The standard InChI is InChI=1S/C14H24N4OS/c1-3-18(11(2)19)14-16-13(10-20-14)9-17-6-4-12(8-15)5-7-17/h10,12H,3-9,15H2,1-2H3. The van der Waals surface area contributed by atoms with Crippen molar-refractivity contribution in [3.05, 3.63) is 11.1 Å². The van der Waals surface area contributed by atoms with Crippen LogP contribution in [-0.4, -0.2) is 42.0 Å². The molecule has 0 atom stereocenters. The number of aromatic nitrogens is 1. The molecule has 0 saturated carbocycles. The Labute approximate surface area is 124 Å². The Morgan fingerprint density at radius 2 is 2.25 bits per heavy atom. The van der Waals surface area contributed by atoms with E-state index in [-0.39, 0.29) is 5.91 Å². The Morgan fingerprint density at radius 3 is 2.80 bits per heavy atom. The van der Waals surface area contributed by atoms with Crippen molar-refractivity contribution in [1.82, 2.24) is 9.88 Å². The van der Waals surface area contributed by atoms with E-state index in [0.717, 1.165) is 37.0 Å². The first-order valence-electron chi connectivity index (χ1n) is 7.29. The van der Waals surface area contributed by atoms with E-state index in [4.69, 9.17) is 5.73 Å². The molecule has 2 rings (SSSR count). The number of anilines is 1. The minimum atomic E-state index is 0.0529. The minimum absolute atomic E-state index is 0.0529. The number of thiazole rings is 1. The first kappa shape index (κ1) is 15.4. The van der Waals surface area contributed by atoms with E-state index in [2.05, 4.69) is 15.3 Å². The molecule has 1 aliphatic rings. The van der Waals surface area contributed by atoms with E-state index in [1.54, 1.807) is 23.2 Å². The summed E-state index contributed by atoms with van der Waals surface area (Å²) in [6, 6.07) is 0. The third-order valence-corrected chi connectivity index (χ3v) is 4.81. The number of nitrogens with two attached hydrogens (primary N) is 1. The zero-order valence-corrected chi connectivity index (χ0v) is 13.2. The lowest BCUT2D eigenvalue weighted by Crippen LogP contribution is -2.35. The molecule has 1 amide bonds. The van der Waals surface area contributed by atoms with E-state index < -0.39 is 0 Å². The zero-order valence-electron chi connectivity index (χ0n) is 12.3. The van der Waals surface area contributed by atoms with Gasteiger partial charge < -0.3 is 5.73 Å². The molecule has 20 heavy (non-hydrogen) atoms. The molecule has 112 valence electrons. The maximum atomic E-state index is 11.5. The number of likely N-dealkylation sites (tertiary alicyclic amines) is 1. The third-order valence-electron chi connectivity index (χ3n) is 3.89. The Balaban J connectivity index is 1.91. The molecule has 2 heterocycles. The molecule has 0 spiro atoms. The summed E-state index contributed by atoms with van der Waals surface area (Å²) in [6.45, 7) is 8.10. The van der Waals surface area contributed by atoms with Gasteiger partial charge in [0.25, 0.3) is 0 Å². The molecule has 0 radical (unpaired) electrons. The number of hydrogen-bond acceptors (Lipinski definition) is 5. The molecule has 5 nitrogen and oxygen atoms in total. The van der Waals surface area contributed by atoms with Crippen molar-refractivity contribution < 1.29 is 4.79 Å². The second kappa shape index (κ2) is 7.15. The average molecular weight is 296 g/mol. The van der Waals surface area contributed by atoms with Gasteiger partial charge in [0, 0.05) is 25.4 Å². The van der Waals surface area contributed by atoms with Crippen LogP contribution in [0.4, 0.5) is 5.13 Å². The lowest BCUT2D eigenvalue weighted by Gasteiger charge is -2.30. The Hall–Kier alpha value is -0.980. The molecule has 1 aliphatic heterocycles. The van der Waals surface area contributed by atoms with Crippen LogP contribution >= 0.6 is 11.3 Å². The molecule has 1 aromatic heterocycles. The van der Waals surface area contributed by atoms with Gasteiger partial charge in [0.05, 0.1) is 5.69 Å². The molecule has 0 bridgehead atoms. The van der Waals surface area contributed by atoms with Gasteiger partial charge in [-0.15, -0.1) is 11.3 Å². The van der Waals surface area contributed by atoms with Gasteiger partial charge in [0.1, 0.15) is 0 Å². The first-order valence-corrected chi connectivity index (χ1v) is 8.17.